The number of ether oxygens (including phenoxy) is 2. The molecule has 6 nitrogen and oxygen atoms in total. The van der Waals surface area contributed by atoms with Crippen molar-refractivity contribution >= 4 is 41.2 Å². The fraction of sp³-hybridized carbons (Fsp3) is 0.360. The number of aryl methyl sites for hydroxylation is 1. The van der Waals surface area contributed by atoms with Gasteiger partial charge in [-0.25, -0.2) is 4.79 Å². The Labute approximate surface area is 203 Å². The van der Waals surface area contributed by atoms with E-state index in [0.717, 1.165) is 35.5 Å². The highest BCUT2D eigenvalue weighted by Gasteiger charge is 2.38. The molecule has 1 atom stereocenters. The third kappa shape index (κ3) is 4.35. The highest BCUT2D eigenvalue weighted by Crippen LogP contribution is 2.34. The van der Waals surface area contributed by atoms with Crippen LogP contribution in [0.5, 0.6) is 0 Å². The first-order valence-corrected chi connectivity index (χ1v) is 11.6. The van der Waals surface area contributed by atoms with E-state index in [1.54, 1.807) is 30.0 Å². The number of halogens is 2. The van der Waals surface area contributed by atoms with E-state index in [4.69, 9.17) is 32.7 Å². The molecule has 0 radical (unpaired) electrons. The van der Waals surface area contributed by atoms with E-state index in [1.807, 2.05) is 30.5 Å². The van der Waals surface area contributed by atoms with Crippen LogP contribution in [0, 0.1) is 13.8 Å². The van der Waals surface area contributed by atoms with Gasteiger partial charge >= 0.3 is 5.97 Å². The van der Waals surface area contributed by atoms with Crippen molar-refractivity contribution in [3.63, 3.8) is 0 Å². The molecule has 33 heavy (non-hydrogen) atoms. The maximum atomic E-state index is 13.4. The minimum absolute atomic E-state index is 0.0261. The first kappa shape index (κ1) is 23.6. The SMILES string of the molecule is COC(=O)C1=C(C)N(C[C@H]2CCCO2)C(=O)/C1=C/c1cc(C)n(-c2ccc(Cl)c(Cl)c2)c1C. The topological polar surface area (TPSA) is 60.8 Å². The van der Waals surface area contributed by atoms with Crippen LogP contribution in [0.15, 0.2) is 41.1 Å². The smallest absolute Gasteiger partial charge is 0.340 e. The Morgan fingerprint density at radius 3 is 2.61 bits per heavy atom. The number of amides is 1. The molecular weight excluding hydrogens is 463 g/mol. The molecule has 4 rings (SSSR count). The van der Waals surface area contributed by atoms with E-state index in [1.165, 1.54) is 7.11 Å². The first-order chi connectivity index (χ1) is 15.7. The average molecular weight is 489 g/mol. The quantitative estimate of drug-likeness (QED) is 0.425. The molecule has 2 aliphatic heterocycles. The van der Waals surface area contributed by atoms with Crippen molar-refractivity contribution in [1.82, 2.24) is 9.47 Å². The van der Waals surface area contributed by atoms with Crippen molar-refractivity contribution in [2.45, 2.75) is 39.7 Å². The van der Waals surface area contributed by atoms with Gasteiger partial charge in [-0.3, -0.25) is 4.79 Å². The Bertz CT molecular complexity index is 1190. The molecule has 1 fully saturated rings. The monoisotopic (exact) mass is 488 g/mol. The number of allylic oxidation sites excluding steroid dienone is 1. The fourth-order valence-electron chi connectivity index (χ4n) is 4.55. The second kappa shape index (κ2) is 9.37. The molecule has 0 saturated carbocycles. The van der Waals surface area contributed by atoms with E-state index < -0.39 is 5.97 Å². The second-order valence-corrected chi connectivity index (χ2v) is 9.14. The van der Waals surface area contributed by atoms with Crippen molar-refractivity contribution in [2.75, 3.05) is 20.3 Å². The summed E-state index contributed by atoms with van der Waals surface area (Å²) < 4.78 is 12.8. The Kier molecular flexibility index (Phi) is 6.71. The van der Waals surface area contributed by atoms with Gasteiger partial charge in [0.1, 0.15) is 0 Å². The molecule has 3 heterocycles. The zero-order chi connectivity index (χ0) is 23.9. The van der Waals surface area contributed by atoms with E-state index in [2.05, 4.69) is 0 Å². The number of rotatable bonds is 5. The van der Waals surface area contributed by atoms with Gasteiger partial charge in [-0.2, -0.15) is 0 Å². The molecule has 1 aromatic heterocycles. The highest BCUT2D eigenvalue weighted by atomic mass is 35.5. The number of nitrogens with zero attached hydrogens (tertiary/aromatic N) is 2. The number of hydrogen-bond acceptors (Lipinski definition) is 4. The number of benzene rings is 1. The summed E-state index contributed by atoms with van der Waals surface area (Å²) in [6, 6.07) is 7.42. The summed E-state index contributed by atoms with van der Waals surface area (Å²) in [6.45, 7) is 6.83. The maximum absolute atomic E-state index is 13.4. The molecule has 1 saturated heterocycles. The standard InChI is InChI=1S/C25H26Cl2N2O4/c1-14-10-17(15(2)29(14)18-7-8-21(26)22(27)12-18)11-20-23(25(31)32-4)16(3)28(24(20)30)13-19-6-5-9-33-19/h7-8,10-12,19H,5-6,9,13H2,1-4H3/b20-11+/t19-/m1/s1. The van der Waals surface area contributed by atoms with Crippen molar-refractivity contribution in [3.05, 3.63) is 68.1 Å². The lowest BCUT2D eigenvalue weighted by atomic mass is 10.0. The minimum Gasteiger partial charge on any atom is -0.465 e. The summed E-state index contributed by atoms with van der Waals surface area (Å²) in [6.07, 6.45) is 3.61. The van der Waals surface area contributed by atoms with Crippen LogP contribution in [-0.4, -0.2) is 47.7 Å². The van der Waals surface area contributed by atoms with E-state index >= 15 is 0 Å². The molecule has 0 spiro atoms. The van der Waals surface area contributed by atoms with Gasteiger partial charge in [-0.1, -0.05) is 23.2 Å². The lowest BCUT2D eigenvalue weighted by Gasteiger charge is -2.21. The van der Waals surface area contributed by atoms with Gasteiger partial charge < -0.3 is 18.9 Å². The summed E-state index contributed by atoms with van der Waals surface area (Å²) in [4.78, 5) is 27.7. The van der Waals surface area contributed by atoms with Gasteiger partial charge in [-0.05, 0) is 69.5 Å². The van der Waals surface area contributed by atoms with Gasteiger partial charge in [0.2, 0.25) is 0 Å². The molecule has 0 unspecified atom stereocenters. The molecule has 8 heteroatoms. The van der Waals surface area contributed by atoms with Crippen molar-refractivity contribution < 1.29 is 19.1 Å². The maximum Gasteiger partial charge on any atom is 0.340 e. The molecule has 0 aliphatic carbocycles. The van der Waals surface area contributed by atoms with Crippen LogP contribution >= 0.6 is 23.2 Å². The first-order valence-electron chi connectivity index (χ1n) is 10.8. The molecule has 2 aromatic rings. The van der Waals surface area contributed by atoms with Gasteiger partial charge in [0.05, 0.1) is 40.9 Å². The van der Waals surface area contributed by atoms with Crippen LogP contribution in [0.3, 0.4) is 0 Å². The number of hydrogen-bond donors (Lipinski definition) is 0. The zero-order valence-corrected chi connectivity index (χ0v) is 20.6. The molecule has 1 aromatic carbocycles. The normalized spacial score (nSPS) is 19.8. The molecule has 2 aliphatic rings. The third-order valence-electron chi connectivity index (χ3n) is 6.24. The predicted molar refractivity (Wildman–Crippen MR) is 129 cm³/mol. The van der Waals surface area contributed by atoms with Crippen LogP contribution in [-0.2, 0) is 19.1 Å². The lowest BCUT2D eigenvalue weighted by Crippen LogP contribution is -2.33. The largest absolute Gasteiger partial charge is 0.465 e. The fourth-order valence-corrected chi connectivity index (χ4v) is 4.84. The summed E-state index contributed by atoms with van der Waals surface area (Å²) >= 11 is 12.3. The van der Waals surface area contributed by atoms with Gasteiger partial charge in [-0.15, -0.1) is 0 Å². The molecule has 0 N–H and O–H groups in total. The Hall–Kier alpha value is -2.54. The second-order valence-electron chi connectivity index (χ2n) is 8.32. The minimum atomic E-state index is -0.528. The predicted octanol–water partition coefficient (Wildman–Crippen LogP) is 5.25. The number of esters is 1. The molecule has 0 bridgehead atoms. The van der Waals surface area contributed by atoms with E-state index in [9.17, 15) is 9.59 Å². The zero-order valence-electron chi connectivity index (χ0n) is 19.1. The summed E-state index contributed by atoms with van der Waals surface area (Å²) in [7, 11) is 1.32. The van der Waals surface area contributed by atoms with Gasteiger partial charge in [0.25, 0.3) is 5.91 Å². The Morgan fingerprint density at radius 1 is 1.21 bits per heavy atom. The van der Waals surface area contributed by atoms with Crippen molar-refractivity contribution in [3.8, 4) is 5.69 Å². The third-order valence-corrected chi connectivity index (χ3v) is 6.98. The molecule has 174 valence electrons. The Morgan fingerprint density at radius 2 is 1.97 bits per heavy atom. The van der Waals surface area contributed by atoms with Gasteiger partial charge in [0.15, 0.2) is 0 Å². The van der Waals surface area contributed by atoms with Crippen LogP contribution < -0.4 is 0 Å². The number of carbonyl (C=O) groups excluding carboxylic acids is 2. The van der Waals surface area contributed by atoms with Crippen LogP contribution in [0.25, 0.3) is 11.8 Å². The summed E-state index contributed by atoms with van der Waals surface area (Å²) in [5.41, 5.74) is 4.76. The van der Waals surface area contributed by atoms with Gasteiger partial charge in [0, 0.05) is 29.4 Å². The molecular formula is C25H26Cl2N2O4. The molecule has 1 amide bonds. The van der Waals surface area contributed by atoms with E-state index in [-0.39, 0.29) is 12.0 Å². The summed E-state index contributed by atoms with van der Waals surface area (Å²) in [5, 5.41) is 0.945. The number of aromatic nitrogens is 1. The Balaban J connectivity index is 1.76. The van der Waals surface area contributed by atoms with Crippen LogP contribution in [0.4, 0.5) is 0 Å². The van der Waals surface area contributed by atoms with Crippen molar-refractivity contribution in [2.24, 2.45) is 0 Å². The van der Waals surface area contributed by atoms with Crippen molar-refractivity contribution in [1.29, 1.82) is 0 Å². The lowest BCUT2D eigenvalue weighted by molar-refractivity contribution is -0.136. The van der Waals surface area contributed by atoms with Crippen LogP contribution in [0.2, 0.25) is 10.0 Å². The van der Waals surface area contributed by atoms with Crippen LogP contribution in [0.1, 0.15) is 36.7 Å². The average Bonchev–Trinajstić information content (AvgIpc) is 3.45. The number of methoxy groups -OCH3 is 1. The van der Waals surface area contributed by atoms with E-state index in [0.29, 0.717) is 40.0 Å². The summed E-state index contributed by atoms with van der Waals surface area (Å²) in [5.74, 6) is -0.747. The highest BCUT2D eigenvalue weighted by molar-refractivity contribution is 6.42. The number of carbonyl (C=O) groups is 2.